The number of pyridine rings is 1. The summed E-state index contributed by atoms with van der Waals surface area (Å²) in [6.07, 6.45) is 3.80. The summed E-state index contributed by atoms with van der Waals surface area (Å²) in [6.45, 7) is 2.50. The largest absolute Gasteiger partial charge is 0.497 e. The van der Waals surface area contributed by atoms with E-state index in [0.717, 1.165) is 27.7 Å². The molecule has 5 aromatic rings. The molecule has 0 aliphatic heterocycles. The molecule has 3 aromatic heterocycles. The predicted octanol–water partition coefficient (Wildman–Crippen LogP) is 3.55. The van der Waals surface area contributed by atoms with Crippen LogP contribution in [0.15, 0.2) is 59.7 Å². The van der Waals surface area contributed by atoms with Crippen molar-refractivity contribution in [2.24, 2.45) is 7.05 Å². The first kappa shape index (κ1) is 23.1. The van der Waals surface area contributed by atoms with Crippen LogP contribution in [0.3, 0.4) is 0 Å². The van der Waals surface area contributed by atoms with Crippen molar-refractivity contribution in [2.45, 2.75) is 20.0 Å². The molecule has 0 fully saturated rings. The first-order valence-corrected chi connectivity index (χ1v) is 11.4. The molecule has 9 nitrogen and oxygen atoms in total. The summed E-state index contributed by atoms with van der Waals surface area (Å²) < 4.78 is 8.73. The molecule has 0 bridgehead atoms. The summed E-state index contributed by atoms with van der Waals surface area (Å²) in [5, 5.41) is 15.7. The van der Waals surface area contributed by atoms with Gasteiger partial charge in [-0.05, 0) is 36.8 Å². The summed E-state index contributed by atoms with van der Waals surface area (Å²) >= 11 is 0. The van der Waals surface area contributed by atoms with Gasteiger partial charge in [-0.15, -0.1) is 0 Å². The van der Waals surface area contributed by atoms with Crippen molar-refractivity contribution in [3.8, 4) is 11.8 Å². The molecular weight excluding hydrogens is 454 g/mol. The highest BCUT2D eigenvalue weighted by atomic mass is 16.5. The molecule has 0 saturated heterocycles. The van der Waals surface area contributed by atoms with Crippen LogP contribution in [0.2, 0.25) is 0 Å². The Morgan fingerprint density at radius 3 is 2.67 bits per heavy atom. The lowest BCUT2D eigenvalue weighted by molar-refractivity contribution is 0.415. The number of nitrogens with zero attached hydrogens (tertiary/aromatic N) is 7. The van der Waals surface area contributed by atoms with Gasteiger partial charge in [0, 0.05) is 49.2 Å². The van der Waals surface area contributed by atoms with E-state index in [0.29, 0.717) is 29.2 Å². The fourth-order valence-corrected chi connectivity index (χ4v) is 4.52. The summed E-state index contributed by atoms with van der Waals surface area (Å²) in [7, 11) is 5.43. The van der Waals surface area contributed by atoms with Gasteiger partial charge in [0.2, 0.25) is 0 Å². The van der Waals surface area contributed by atoms with Gasteiger partial charge >= 0.3 is 0 Å². The zero-order valence-corrected chi connectivity index (χ0v) is 20.6. The number of aromatic nitrogens is 5. The lowest BCUT2D eigenvalue weighted by Crippen LogP contribution is -2.26. The van der Waals surface area contributed by atoms with Crippen LogP contribution in [-0.2, 0) is 20.1 Å². The van der Waals surface area contributed by atoms with E-state index in [1.54, 1.807) is 29.3 Å². The molecule has 36 heavy (non-hydrogen) atoms. The Morgan fingerprint density at radius 2 is 1.94 bits per heavy atom. The Kier molecular flexibility index (Phi) is 5.86. The number of rotatable bonds is 6. The van der Waals surface area contributed by atoms with Crippen LogP contribution in [0.1, 0.15) is 22.5 Å². The highest BCUT2D eigenvalue weighted by Crippen LogP contribution is 2.27. The van der Waals surface area contributed by atoms with E-state index in [1.165, 1.54) is 0 Å². The maximum atomic E-state index is 13.4. The molecule has 9 heteroatoms. The second kappa shape index (κ2) is 9.15. The van der Waals surface area contributed by atoms with E-state index in [9.17, 15) is 10.1 Å². The number of benzene rings is 2. The zero-order chi connectivity index (χ0) is 25.4. The summed E-state index contributed by atoms with van der Waals surface area (Å²) in [4.78, 5) is 25.1. The standard InChI is InChI=1S/C27H25N7O2/c1-17-20-10-9-19(36-4)11-24(20)34(27(35)22(17)12-28)16-25-30-23-8-6-5-7-21(23)26(31-25)32(2)14-18-13-29-33(3)15-18/h5-11,13,15H,14,16H2,1-4H3. The molecule has 0 spiro atoms. The van der Waals surface area contributed by atoms with Gasteiger partial charge in [-0.1, -0.05) is 12.1 Å². The highest BCUT2D eigenvalue weighted by Gasteiger charge is 2.18. The Hall–Kier alpha value is -4.71. The third-order valence-electron chi connectivity index (χ3n) is 6.31. The third kappa shape index (κ3) is 4.03. The van der Waals surface area contributed by atoms with Gasteiger partial charge in [0.25, 0.3) is 5.56 Å². The van der Waals surface area contributed by atoms with Crippen LogP contribution in [0.5, 0.6) is 5.75 Å². The second-order valence-corrected chi connectivity index (χ2v) is 8.75. The quantitative estimate of drug-likeness (QED) is 0.367. The first-order chi connectivity index (χ1) is 17.4. The Morgan fingerprint density at radius 1 is 1.14 bits per heavy atom. The minimum absolute atomic E-state index is 0.107. The number of anilines is 1. The fraction of sp³-hybridized carbons (Fsp3) is 0.222. The molecule has 0 saturated carbocycles. The minimum Gasteiger partial charge on any atom is -0.497 e. The van der Waals surface area contributed by atoms with Gasteiger partial charge in [-0.3, -0.25) is 14.0 Å². The number of para-hydroxylation sites is 1. The number of hydrogen-bond acceptors (Lipinski definition) is 7. The Labute approximate surface area is 207 Å². The van der Waals surface area contributed by atoms with Gasteiger partial charge < -0.3 is 9.64 Å². The normalized spacial score (nSPS) is 11.1. The molecule has 5 rings (SSSR count). The van der Waals surface area contributed by atoms with Gasteiger partial charge in [0.15, 0.2) is 5.82 Å². The van der Waals surface area contributed by atoms with Crippen LogP contribution in [0.4, 0.5) is 5.82 Å². The van der Waals surface area contributed by atoms with E-state index in [1.807, 2.05) is 67.8 Å². The molecule has 0 atom stereocenters. The summed E-state index contributed by atoms with van der Waals surface area (Å²) in [6, 6.07) is 15.4. The van der Waals surface area contributed by atoms with Crippen molar-refractivity contribution in [3.05, 3.63) is 87.7 Å². The number of hydrogen-bond donors (Lipinski definition) is 0. The molecular formula is C27H25N7O2. The minimum atomic E-state index is -0.377. The maximum Gasteiger partial charge on any atom is 0.269 e. The van der Waals surface area contributed by atoms with E-state index < -0.39 is 0 Å². The van der Waals surface area contributed by atoms with E-state index in [-0.39, 0.29) is 17.7 Å². The molecule has 180 valence electrons. The van der Waals surface area contributed by atoms with Crippen LogP contribution in [0, 0.1) is 18.3 Å². The van der Waals surface area contributed by atoms with Gasteiger partial charge in [0.05, 0.1) is 30.9 Å². The van der Waals surface area contributed by atoms with E-state index in [2.05, 4.69) is 11.2 Å². The number of fused-ring (bicyclic) bond motifs is 2. The van der Waals surface area contributed by atoms with Gasteiger partial charge in [-0.2, -0.15) is 10.4 Å². The number of nitriles is 1. The van der Waals surface area contributed by atoms with Crippen LogP contribution in [-0.4, -0.2) is 38.5 Å². The van der Waals surface area contributed by atoms with Crippen molar-refractivity contribution >= 4 is 27.6 Å². The summed E-state index contributed by atoms with van der Waals surface area (Å²) in [5.74, 6) is 1.85. The molecule has 0 aliphatic rings. The molecule has 0 amide bonds. The van der Waals surface area contributed by atoms with Crippen molar-refractivity contribution in [2.75, 3.05) is 19.1 Å². The van der Waals surface area contributed by atoms with E-state index >= 15 is 0 Å². The van der Waals surface area contributed by atoms with Crippen molar-refractivity contribution in [3.63, 3.8) is 0 Å². The lowest BCUT2D eigenvalue weighted by atomic mass is 10.0. The molecule has 0 unspecified atom stereocenters. The lowest BCUT2D eigenvalue weighted by Gasteiger charge is -2.20. The van der Waals surface area contributed by atoms with Gasteiger partial charge in [0.1, 0.15) is 23.2 Å². The van der Waals surface area contributed by atoms with Crippen molar-refractivity contribution in [1.82, 2.24) is 24.3 Å². The predicted molar refractivity (Wildman–Crippen MR) is 138 cm³/mol. The Bertz CT molecular complexity index is 1710. The second-order valence-electron chi connectivity index (χ2n) is 8.75. The average Bonchev–Trinajstić information content (AvgIpc) is 3.30. The van der Waals surface area contributed by atoms with Crippen LogP contribution >= 0.6 is 0 Å². The Balaban J connectivity index is 1.66. The molecule has 0 N–H and O–H groups in total. The first-order valence-electron chi connectivity index (χ1n) is 11.4. The molecule has 0 aliphatic carbocycles. The highest BCUT2D eigenvalue weighted by molar-refractivity contribution is 5.89. The molecule has 2 aromatic carbocycles. The fourth-order valence-electron chi connectivity index (χ4n) is 4.52. The van der Waals surface area contributed by atoms with Crippen molar-refractivity contribution in [1.29, 1.82) is 5.26 Å². The molecule has 3 heterocycles. The third-order valence-corrected chi connectivity index (χ3v) is 6.31. The van der Waals surface area contributed by atoms with Crippen LogP contribution < -0.4 is 15.2 Å². The molecule has 0 radical (unpaired) electrons. The SMILES string of the molecule is COc1ccc2c(C)c(C#N)c(=O)n(Cc3nc(N(C)Cc4cnn(C)c4)c4ccccc4n3)c2c1. The number of ether oxygens (including phenoxy) is 1. The summed E-state index contributed by atoms with van der Waals surface area (Å²) in [5.41, 5.74) is 2.87. The van der Waals surface area contributed by atoms with Crippen LogP contribution in [0.25, 0.3) is 21.8 Å². The number of methoxy groups -OCH3 is 1. The zero-order valence-electron chi connectivity index (χ0n) is 20.6. The average molecular weight is 480 g/mol. The van der Waals surface area contributed by atoms with Gasteiger partial charge in [-0.25, -0.2) is 9.97 Å². The topological polar surface area (TPSA) is 102 Å². The smallest absolute Gasteiger partial charge is 0.269 e. The van der Waals surface area contributed by atoms with E-state index in [4.69, 9.17) is 14.7 Å². The van der Waals surface area contributed by atoms with Crippen molar-refractivity contribution < 1.29 is 4.74 Å². The monoisotopic (exact) mass is 479 g/mol. The number of aryl methyl sites for hydroxylation is 2. The maximum absolute atomic E-state index is 13.4.